The first kappa shape index (κ1) is 8.96. The molecule has 3 heterocycles. The average Bonchev–Trinajstić information content (AvgIpc) is 2.91. The minimum Gasteiger partial charge on any atom is -0.397 e. The summed E-state index contributed by atoms with van der Waals surface area (Å²) in [5, 5.41) is 8.28. The number of hydrogen-bond donors (Lipinski definition) is 2. The van der Waals surface area contributed by atoms with Crippen LogP contribution in [-0.2, 0) is 0 Å². The number of nitrogens with zero attached hydrogens (tertiary/aromatic N) is 3. The molecule has 0 saturated carbocycles. The summed E-state index contributed by atoms with van der Waals surface area (Å²) in [5.74, 6) is 0.782. The van der Waals surface area contributed by atoms with Crippen LogP contribution in [0.4, 0.5) is 5.69 Å². The quantitative estimate of drug-likeness (QED) is 0.645. The molecule has 3 aromatic heterocycles. The van der Waals surface area contributed by atoms with Crippen molar-refractivity contribution in [2.24, 2.45) is 0 Å². The molecule has 3 rings (SSSR count). The number of aryl methyl sites for hydroxylation is 1. The molecule has 0 aromatic carbocycles. The molecule has 3 N–H and O–H groups in total. The third-order valence-corrected chi connectivity index (χ3v) is 2.69. The number of nitrogens with two attached hydrogens (primary N) is 1. The molecule has 0 aliphatic heterocycles. The van der Waals surface area contributed by atoms with Gasteiger partial charge in [-0.25, -0.2) is 0 Å². The lowest BCUT2D eigenvalue weighted by Crippen LogP contribution is -1.99. The van der Waals surface area contributed by atoms with Gasteiger partial charge in [0.25, 0.3) is 0 Å². The van der Waals surface area contributed by atoms with Crippen LogP contribution in [0.15, 0.2) is 30.5 Å². The summed E-state index contributed by atoms with van der Waals surface area (Å²) in [5.41, 5.74) is 9.30. The van der Waals surface area contributed by atoms with E-state index in [0.717, 1.165) is 28.5 Å². The van der Waals surface area contributed by atoms with Crippen molar-refractivity contribution >= 4 is 11.3 Å². The SMILES string of the molecule is Cc1c(N)ccc2nnc(-c3ccc[nH]3)n12. The molecule has 0 amide bonds. The highest BCUT2D eigenvalue weighted by Gasteiger charge is 2.11. The van der Waals surface area contributed by atoms with E-state index in [0.29, 0.717) is 0 Å². The number of aromatic amines is 1. The number of aromatic nitrogens is 4. The summed E-state index contributed by atoms with van der Waals surface area (Å²) >= 11 is 0. The van der Waals surface area contributed by atoms with Crippen molar-refractivity contribution in [1.29, 1.82) is 0 Å². The van der Waals surface area contributed by atoms with Crippen LogP contribution in [0.25, 0.3) is 17.2 Å². The number of nitrogens with one attached hydrogen (secondary N) is 1. The number of hydrogen-bond acceptors (Lipinski definition) is 3. The second-order valence-electron chi connectivity index (χ2n) is 3.68. The van der Waals surface area contributed by atoms with E-state index in [2.05, 4.69) is 15.2 Å². The fourth-order valence-corrected chi connectivity index (χ4v) is 1.79. The van der Waals surface area contributed by atoms with Crippen molar-refractivity contribution in [3.05, 3.63) is 36.2 Å². The first-order chi connectivity index (χ1) is 7.77. The molecule has 3 aromatic rings. The monoisotopic (exact) mass is 213 g/mol. The first-order valence-corrected chi connectivity index (χ1v) is 5.01. The number of H-pyrrole nitrogens is 1. The normalized spacial score (nSPS) is 11.1. The van der Waals surface area contributed by atoms with Crippen LogP contribution in [0.2, 0.25) is 0 Å². The smallest absolute Gasteiger partial charge is 0.185 e. The summed E-state index contributed by atoms with van der Waals surface area (Å²) in [7, 11) is 0. The Morgan fingerprint density at radius 3 is 2.88 bits per heavy atom. The number of nitrogen functional groups attached to an aromatic ring is 1. The van der Waals surface area contributed by atoms with Gasteiger partial charge < -0.3 is 10.7 Å². The molecule has 0 unspecified atom stereocenters. The minimum atomic E-state index is 0.736. The van der Waals surface area contributed by atoms with Crippen molar-refractivity contribution in [2.45, 2.75) is 6.92 Å². The molecule has 0 radical (unpaired) electrons. The highest BCUT2D eigenvalue weighted by Crippen LogP contribution is 2.20. The Morgan fingerprint density at radius 2 is 2.12 bits per heavy atom. The predicted octanol–water partition coefficient (Wildman–Crippen LogP) is 1.62. The van der Waals surface area contributed by atoms with Crippen molar-refractivity contribution in [3.63, 3.8) is 0 Å². The molecular formula is C11H11N5. The van der Waals surface area contributed by atoms with Crippen LogP contribution < -0.4 is 5.73 Å². The van der Waals surface area contributed by atoms with Crippen LogP contribution in [-0.4, -0.2) is 19.6 Å². The Balaban J connectivity index is 2.39. The minimum absolute atomic E-state index is 0.736. The van der Waals surface area contributed by atoms with Gasteiger partial charge in [-0.2, -0.15) is 0 Å². The Morgan fingerprint density at radius 1 is 1.25 bits per heavy atom. The second-order valence-corrected chi connectivity index (χ2v) is 3.68. The third-order valence-electron chi connectivity index (χ3n) is 2.69. The fourth-order valence-electron chi connectivity index (χ4n) is 1.79. The highest BCUT2D eigenvalue weighted by molar-refractivity contribution is 5.60. The van der Waals surface area contributed by atoms with Gasteiger partial charge in [0.2, 0.25) is 0 Å². The summed E-state index contributed by atoms with van der Waals surface area (Å²) < 4.78 is 1.95. The van der Waals surface area contributed by atoms with Gasteiger partial charge in [0.05, 0.1) is 11.4 Å². The Labute approximate surface area is 91.9 Å². The molecular weight excluding hydrogens is 202 g/mol. The summed E-state index contributed by atoms with van der Waals surface area (Å²) in [6, 6.07) is 7.59. The fraction of sp³-hybridized carbons (Fsp3) is 0.0909. The predicted molar refractivity (Wildman–Crippen MR) is 61.9 cm³/mol. The molecule has 16 heavy (non-hydrogen) atoms. The zero-order chi connectivity index (χ0) is 11.1. The van der Waals surface area contributed by atoms with E-state index < -0.39 is 0 Å². The van der Waals surface area contributed by atoms with E-state index in [1.54, 1.807) is 0 Å². The van der Waals surface area contributed by atoms with Crippen molar-refractivity contribution in [1.82, 2.24) is 19.6 Å². The average molecular weight is 213 g/mol. The van der Waals surface area contributed by atoms with Gasteiger partial charge in [-0.1, -0.05) is 0 Å². The molecule has 0 fully saturated rings. The summed E-state index contributed by atoms with van der Waals surface area (Å²) in [6.07, 6.45) is 1.86. The van der Waals surface area contributed by atoms with Gasteiger partial charge in [0.15, 0.2) is 11.5 Å². The largest absolute Gasteiger partial charge is 0.397 e. The molecule has 0 saturated heterocycles. The number of rotatable bonds is 1. The molecule has 5 nitrogen and oxygen atoms in total. The van der Waals surface area contributed by atoms with Gasteiger partial charge in [-0.05, 0) is 31.2 Å². The van der Waals surface area contributed by atoms with Crippen LogP contribution in [0, 0.1) is 6.92 Å². The van der Waals surface area contributed by atoms with Crippen molar-refractivity contribution in [3.8, 4) is 11.5 Å². The third kappa shape index (κ3) is 1.11. The van der Waals surface area contributed by atoms with Crippen LogP contribution in [0.1, 0.15) is 5.69 Å². The van der Waals surface area contributed by atoms with Gasteiger partial charge in [-0.15, -0.1) is 10.2 Å². The zero-order valence-corrected chi connectivity index (χ0v) is 8.81. The van der Waals surface area contributed by atoms with E-state index in [1.165, 1.54) is 0 Å². The number of fused-ring (bicyclic) bond motifs is 1. The molecule has 0 bridgehead atoms. The van der Waals surface area contributed by atoms with E-state index in [4.69, 9.17) is 5.73 Å². The molecule has 5 heteroatoms. The zero-order valence-electron chi connectivity index (χ0n) is 8.81. The van der Waals surface area contributed by atoms with Crippen LogP contribution in [0.5, 0.6) is 0 Å². The maximum absolute atomic E-state index is 5.88. The Bertz CT molecular complexity index is 636. The maximum Gasteiger partial charge on any atom is 0.185 e. The molecule has 0 aliphatic rings. The van der Waals surface area contributed by atoms with Gasteiger partial charge in [0, 0.05) is 11.9 Å². The van der Waals surface area contributed by atoms with E-state index in [-0.39, 0.29) is 0 Å². The first-order valence-electron chi connectivity index (χ1n) is 5.01. The molecule has 0 atom stereocenters. The van der Waals surface area contributed by atoms with Crippen molar-refractivity contribution in [2.75, 3.05) is 5.73 Å². The van der Waals surface area contributed by atoms with Gasteiger partial charge in [0.1, 0.15) is 0 Å². The second kappa shape index (κ2) is 3.10. The standard InChI is InChI=1S/C11H11N5/c1-7-8(12)4-5-10-14-15-11(16(7)10)9-3-2-6-13-9/h2-6,13H,12H2,1H3. The summed E-state index contributed by atoms with van der Waals surface area (Å²) in [6.45, 7) is 1.96. The van der Waals surface area contributed by atoms with E-state index >= 15 is 0 Å². The Kier molecular flexibility index (Phi) is 1.73. The number of anilines is 1. The topological polar surface area (TPSA) is 72.0 Å². The lowest BCUT2D eigenvalue weighted by molar-refractivity contribution is 1.07. The molecule has 0 aliphatic carbocycles. The Hall–Kier alpha value is -2.30. The number of pyridine rings is 1. The van der Waals surface area contributed by atoms with Crippen molar-refractivity contribution < 1.29 is 0 Å². The van der Waals surface area contributed by atoms with Crippen LogP contribution in [0.3, 0.4) is 0 Å². The molecule has 0 spiro atoms. The van der Waals surface area contributed by atoms with E-state index in [9.17, 15) is 0 Å². The lowest BCUT2D eigenvalue weighted by Gasteiger charge is -2.04. The lowest BCUT2D eigenvalue weighted by atomic mass is 10.3. The highest BCUT2D eigenvalue weighted by atomic mass is 15.3. The van der Waals surface area contributed by atoms with Gasteiger partial charge in [-0.3, -0.25) is 4.40 Å². The summed E-state index contributed by atoms with van der Waals surface area (Å²) in [4.78, 5) is 3.11. The maximum atomic E-state index is 5.88. The van der Waals surface area contributed by atoms with Gasteiger partial charge >= 0.3 is 0 Å². The molecule has 80 valence electrons. The van der Waals surface area contributed by atoms with Crippen LogP contribution >= 0.6 is 0 Å². The van der Waals surface area contributed by atoms with E-state index in [1.807, 2.05) is 41.8 Å².